The third-order valence-electron chi connectivity index (χ3n) is 7.04. The second-order valence-corrected chi connectivity index (χ2v) is 10.3. The van der Waals surface area contributed by atoms with E-state index in [0.717, 1.165) is 39.0 Å². The van der Waals surface area contributed by atoms with Crippen molar-refractivity contribution in [1.29, 1.82) is 0 Å². The Morgan fingerprint density at radius 1 is 0.833 bits per heavy atom. The van der Waals surface area contributed by atoms with E-state index in [1.165, 1.54) is 83.5 Å². The molecule has 208 valence electrons. The van der Waals surface area contributed by atoms with E-state index in [4.69, 9.17) is 9.47 Å². The minimum absolute atomic E-state index is 0. The van der Waals surface area contributed by atoms with Gasteiger partial charge in [0.15, 0.2) is 12.4 Å². The molecule has 0 bridgehead atoms. The van der Waals surface area contributed by atoms with Crippen molar-refractivity contribution in [3.63, 3.8) is 0 Å². The summed E-state index contributed by atoms with van der Waals surface area (Å²) in [5, 5.41) is 0. The molecule has 0 radical (unpaired) electrons. The number of ether oxygens (including phenoxy) is 2. The Bertz CT molecular complexity index is 632. The molecule has 1 aliphatic rings. The van der Waals surface area contributed by atoms with E-state index >= 15 is 0 Å². The van der Waals surface area contributed by atoms with Crippen LogP contribution in [0.25, 0.3) is 0 Å². The number of halogens is 1. The number of hydrogen-bond donors (Lipinski definition) is 0. The third kappa shape index (κ3) is 16.7. The van der Waals surface area contributed by atoms with E-state index in [9.17, 15) is 4.79 Å². The molecule has 0 saturated carbocycles. The minimum Gasteiger partial charge on any atom is -1.00 e. The number of carbonyl (C=O) groups excluding carboxylic acids is 1. The molecule has 1 fully saturated rings. The summed E-state index contributed by atoms with van der Waals surface area (Å²) in [6, 6.07) is 6.13. The lowest BCUT2D eigenvalue weighted by atomic mass is 10.0. The number of unbranched alkanes of at least 4 members (excludes halogenated alkanes) is 14. The molecular formula is C30H53BrN2O3. The van der Waals surface area contributed by atoms with Crippen LogP contribution in [0, 0.1) is 0 Å². The molecule has 1 saturated heterocycles. The lowest BCUT2D eigenvalue weighted by Crippen LogP contribution is -3.00. The van der Waals surface area contributed by atoms with Crippen LogP contribution >= 0.6 is 0 Å². The maximum absolute atomic E-state index is 12.2. The van der Waals surface area contributed by atoms with Gasteiger partial charge in [-0.1, -0.05) is 96.5 Å². The Hall–Kier alpha value is -0.980. The molecule has 0 aliphatic carbocycles. The van der Waals surface area contributed by atoms with Gasteiger partial charge in [0.1, 0.15) is 13.2 Å². The van der Waals surface area contributed by atoms with Gasteiger partial charge in [0, 0.05) is 38.2 Å². The highest BCUT2D eigenvalue weighted by atomic mass is 79.9. The second kappa shape index (κ2) is 23.2. The molecule has 36 heavy (non-hydrogen) atoms. The van der Waals surface area contributed by atoms with Gasteiger partial charge in [-0.25, -0.2) is 4.57 Å². The van der Waals surface area contributed by atoms with Crippen LogP contribution in [0.3, 0.4) is 0 Å². The van der Waals surface area contributed by atoms with E-state index in [0.29, 0.717) is 13.2 Å². The number of nitrogens with zero attached hydrogens (tertiary/aromatic N) is 2. The zero-order chi connectivity index (χ0) is 24.8. The lowest BCUT2D eigenvalue weighted by Gasteiger charge is -2.32. The van der Waals surface area contributed by atoms with Crippen LogP contribution < -0.4 is 21.5 Å². The van der Waals surface area contributed by atoms with E-state index in [-0.39, 0.29) is 35.6 Å². The number of aryl methyl sites for hydroxylation is 1. The number of aromatic nitrogens is 1. The van der Waals surface area contributed by atoms with Crippen LogP contribution in [0.4, 0.5) is 0 Å². The van der Waals surface area contributed by atoms with Crippen molar-refractivity contribution in [3.05, 3.63) is 30.6 Å². The fourth-order valence-electron chi connectivity index (χ4n) is 4.79. The topological polar surface area (TPSA) is 42.7 Å². The summed E-state index contributed by atoms with van der Waals surface area (Å²) in [6.07, 6.45) is 25.5. The minimum atomic E-state index is 0. The number of hydrogen-bond acceptors (Lipinski definition) is 3. The number of pyridine rings is 1. The molecule has 6 heteroatoms. The van der Waals surface area contributed by atoms with E-state index in [1.54, 1.807) is 0 Å². The summed E-state index contributed by atoms with van der Waals surface area (Å²) in [5.41, 5.74) is 0. The smallest absolute Gasteiger partial charge is 0.248 e. The van der Waals surface area contributed by atoms with Gasteiger partial charge in [-0.3, -0.25) is 4.79 Å². The van der Waals surface area contributed by atoms with Gasteiger partial charge in [-0.2, -0.15) is 0 Å². The Kier molecular flexibility index (Phi) is 21.3. The highest BCUT2D eigenvalue weighted by Gasteiger charge is 2.26. The molecule has 1 atom stereocenters. The van der Waals surface area contributed by atoms with Gasteiger partial charge in [-0.05, 0) is 12.8 Å². The molecule has 2 rings (SSSR count). The van der Waals surface area contributed by atoms with Gasteiger partial charge >= 0.3 is 0 Å². The maximum Gasteiger partial charge on any atom is 0.248 e. The monoisotopic (exact) mass is 568 g/mol. The van der Waals surface area contributed by atoms with Crippen molar-refractivity contribution in [2.45, 2.75) is 122 Å². The molecule has 0 aromatic carbocycles. The summed E-state index contributed by atoms with van der Waals surface area (Å²) in [5.74, 6) is 0.112. The Balaban J connectivity index is 0.00000648. The van der Waals surface area contributed by atoms with Crippen molar-refractivity contribution in [3.8, 4) is 0 Å². The first-order chi connectivity index (χ1) is 17.3. The van der Waals surface area contributed by atoms with Gasteiger partial charge in [-0.15, -0.1) is 0 Å². The maximum atomic E-state index is 12.2. The Labute approximate surface area is 232 Å². The van der Waals surface area contributed by atoms with E-state index in [1.807, 2.05) is 11.0 Å². The van der Waals surface area contributed by atoms with Crippen LogP contribution in [-0.4, -0.2) is 49.8 Å². The summed E-state index contributed by atoms with van der Waals surface area (Å²) in [7, 11) is 0. The average Bonchev–Trinajstić information content (AvgIpc) is 2.88. The van der Waals surface area contributed by atoms with E-state index < -0.39 is 0 Å². The van der Waals surface area contributed by atoms with Crippen molar-refractivity contribution in [2.75, 3.05) is 32.9 Å². The number of amides is 1. The van der Waals surface area contributed by atoms with Crippen LogP contribution in [0.1, 0.15) is 110 Å². The fourth-order valence-corrected chi connectivity index (χ4v) is 4.79. The van der Waals surface area contributed by atoms with Gasteiger partial charge in [0.25, 0.3) is 0 Å². The molecule has 1 aliphatic heterocycles. The molecule has 0 N–H and O–H groups in total. The number of carbonyl (C=O) groups is 1. The first-order valence-corrected chi connectivity index (χ1v) is 14.7. The number of rotatable bonds is 22. The van der Waals surface area contributed by atoms with Gasteiger partial charge in [0.2, 0.25) is 5.91 Å². The normalized spacial score (nSPS) is 15.8. The zero-order valence-corrected chi connectivity index (χ0v) is 24.6. The predicted octanol–water partition coefficient (Wildman–Crippen LogP) is 3.48. The molecule has 2 heterocycles. The molecular weight excluding hydrogens is 516 g/mol. The van der Waals surface area contributed by atoms with Crippen molar-refractivity contribution >= 4 is 5.91 Å². The summed E-state index contributed by atoms with van der Waals surface area (Å²) >= 11 is 0. The SMILES string of the molecule is CCCCCCCCCCCCCCCCOCC1CN(CCCC[n+]2ccccc2)C(=O)CO1.[Br-]. The molecule has 0 spiro atoms. The first-order valence-electron chi connectivity index (χ1n) is 14.7. The van der Waals surface area contributed by atoms with E-state index in [2.05, 4.69) is 36.0 Å². The third-order valence-corrected chi connectivity index (χ3v) is 7.04. The molecule has 1 unspecified atom stereocenters. The number of morpholine rings is 1. The molecule has 1 aromatic heterocycles. The summed E-state index contributed by atoms with van der Waals surface area (Å²) in [6.45, 7) is 6.35. The highest BCUT2D eigenvalue weighted by molar-refractivity contribution is 5.78. The predicted molar refractivity (Wildman–Crippen MR) is 143 cm³/mol. The lowest BCUT2D eigenvalue weighted by molar-refractivity contribution is -0.697. The zero-order valence-electron chi connectivity index (χ0n) is 23.0. The molecule has 1 aromatic rings. The highest BCUT2D eigenvalue weighted by Crippen LogP contribution is 2.13. The summed E-state index contributed by atoms with van der Waals surface area (Å²) < 4.78 is 13.8. The van der Waals surface area contributed by atoms with Crippen molar-refractivity contribution in [1.82, 2.24) is 4.90 Å². The fraction of sp³-hybridized carbons (Fsp3) is 0.800. The van der Waals surface area contributed by atoms with Crippen LogP contribution in [0.5, 0.6) is 0 Å². The first kappa shape index (κ1) is 33.0. The van der Waals surface area contributed by atoms with Crippen molar-refractivity contribution in [2.24, 2.45) is 0 Å². The van der Waals surface area contributed by atoms with Crippen molar-refractivity contribution < 1.29 is 35.8 Å². The van der Waals surface area contributed by atoms with Gasteiger partial charge in [0.05, 0.1) is 12.7 Å². The molecule has 5 nitrogen and oxygen atoms in total. The Morgan fingerprint density at radius 3 is 2.03 bits per heavy atom. The standard InChI is InChI=1S/C30H53N2O3.BrH/c1-2-3-4-5-6-7-8-9-10-11-12-13-14-20-25-34-27-29-26-32(30(33)28-35-29)24-19-18-23-31-21-16-15-17-22-31;/h15-17,21-22,29H,2-14,18-20,23-28H2,1H3;1H/q+1;/p-1. The van der Waals surface area contributed by atoms with Crippen LogP contribution in [0.15, 0.2) is 30.6 Å². The van der Waals surface area contributed by atoms with Crippen LogP contribution in [0.2, 0.25) is 0 Å². The average molecular weight is 570 g/mol. The summed E-state index contributed by atoms with van der Waals surface area (Å²) in [4.78, 5) is 14.1. The van der Waals surface area contributed by atoms with Crippen LogP contribution in [-0.2, 0) is 20.8 Å². The quantitative estimate of drug-likeness (QED) is 0.159. The Morgan fingerprint density at radius 2 is 1.42 bits per heavy atom. The van der Waals surface area contributed by atoms with Gasteiger partial charge < -0.3 is 31.4 Å². The second-order valence-electron chi connectivity index (χ2n) is 10.3. The molecule has 1 amide bonds. The largest absolute Gasteiger partial charge is 1.00 e.